The van der Waals surface area contributed by atoms with E-state index in [-0.39, 0.29) is 25.6 Å². The third-order valence-corrected chi connectivity index (χ3v) is 4.95. The number of hydrogen-bond acceptors (Lipinski definition) is 5. The Labute approximate surface area is 167 Å². The highest BCUT2D eigenvalue weighted by atomic mass is 35.5. The maximum absolute atomic E-state index is 12.2. The van der Waals surface area contributed by atoms with Gasteiger partial charge in [0.15, 0.2) is 0 Å². The molecule has 1 aliphatic rings. The fourth-order valence-corrected chi connectivity index (χ4v) is 3.18. The first-order chi connectivity index (χ1) is 13.4. The summed E-state index contributed by atoms with van der Waals surface area (Å²) in [6.45, 7) is -0.368. The molecule has 4 N–H and O–H groups in total. The number of amides is 2. The van der Waals surface area contributed by atoms with Gasteiger partial charge in [0.25, 0.3) is 11.8 Å². The topological polar surface area (TPSA) is 108 Å². The highest BCUT2D eigenvalue weighted by Gasteiger charge is 2.48. The van der Waals surface area contributed by atoms with E-state index in [1.165, 1.54) is 0 Å². The second-order valence-electron chi connectivity index (χ2n) is 6.64. The highest BCUT2D eigenvalue weighted by Crippen LogP contribution is 2.24. The van der Waals surface area contributed by atoms with Crippen LogP contribution in [0.15, 0.2) is 54.6 Å². The first kappa shape index (κ1) is 20.3. The van der Waals surface area contributed by atoms with E-state index in [0.29, 0.717) is 16.1 Å². The van der Waals surface area contributed by atoms with Gasteiger partial charge >= 0.3 is 0 Å². The Bertz CT molecular complexity index is 847. The van der Waals surface area contributed by atoms with Crippen molar-refractivity contribution >= 4 is 23.4 Å². The average molecular weight is 405 g/mol. The Morgan fingerprint density at radius 2 is 1.75 bits per heavy atom. The highest BCUT2D eigenvalue weighted by molar-refractivity contribution is 6.33. The molecule has 2 aromatic rings. The molecular weight excluding hydrogens is 384 g/mol. The van der Waals surface area contributed by atoms with Crippen molar-refractivity contribution in [1.82, 2.24) is 10.6 Å². The van der Waals surface area contributed by atoms with Gasteiger partial charge in [-0.15, -0.1) is 0 Å². The van der Waals surface area contributed by atoms with Crippen molar-refractivity contribution in [2.24, 2.45) is 0 Å². The molecule has 28 heavy (non-hydrogen) atoms. The molecule has 0 aliphatic carbocycles. The molecule has 0 spiro atoms. The monoisotopic (exact) mass is 404 g/mol. The molecule has 0 bridgehead atoms. The molecule has 1 heterocycles. The van der Waals surface area contributed by atoms with Crippen LogP contribution < -0.4 is 10.6 Å². The molecule has 0 unspecified atom stereocenters. The quantitative estimate of drug-likeness (QED) is 0.574. The van der Waals surface area contributed by atoms with Crippen molar-refractivity contribution in [3.63, 3.8) is 0 Å². The van der Waals surface area contributed by atoms with E-state index in [4.69, 9.17) is 16.3 Å². The number of nitrogens with one attached hydrogen (secondary N) is 2. The van der Waals surface area contributed by atoms with E-state index in [1.807, 2.05) is 0 Å². The lowest BCUT2D eigenvalue weighted by Crippen LogP contribution is -2.53. The van der Waals surface area contributed by atoms with Crippen molar-refractivity contribution in [3.8, 4) is 0 Å². The van der Waals surface area contributed by atoms with Crippen LogP contribution in [-0.2, 0) is 4.74 Å². The maximum atomic E-state index is 12.2. The van der Waals surface area contributed by atoms with Crippen LogP contribution in [0, 0.1) is 0 Å². The van der Waals surface area contributed by atoms with Gasteiger partial charge in [-0.25, -0.2) is 0 Å². The predicted octanol–water partition coefficient (Wildman–Crippen LogP) is 0.991. The van der Waals surface area contributed by atoms with Gasteiger partial charge in [-0.2, -0.15) is 0 Å². The first-order valence-corrected chi connectivity index (χ1v) is 9.16. The number of carbonyl (C=O) groups excluding carboxylic acids is 2. The van der Waals surface area contributed by atoms with Crippen molar-refractivity contribution in [2.45, 2.75) is 17.8 Å². The summed E-state index contributed by atoms with van der Waals surface area (Å²) in [6, 6.07) is 15.1. The summed E-state index contributed by atoms with van der Waals surface area (Å²) in [6.07, 6.45) is -2.10. The van der Waals surface area contributed by atoms with Gasteiger partial charge < -0.3 is 25.6 Å². The largest absolute Gasteiger partial charge is 0.387 e. The van der Waals surface area contributed by atoms with Crippen molar-refractivity contribution in [3.05, 3.63) is 70.7 Å². The van der Waals surface area contributed by atoms with Gasteiger partial charge in [0.1, 0.15) is 17.8 Å². The normalized spacial score (nSPS) is 24.0. The van der Waals surface area contributed by atoms with Crippen LogP contribution in [0.4, 0.5) is 0 Å². The lowest BCUT2D eigenvalue weighted by atomic mass is 9.96. The van der Waals surface area contributed by atoms with E-state index in [0.717, 1.165) is 0 Å². The van der Waals surface area contributed by atoms with Gasteiger partial charge in [-0.1, -0.05) is 41.9 Å². The van der Waals surface area contributed by atoms with Crippen LogP contribution in [-0.4, -0.2) is 59.5 Å². The van der Waals surface area contributed by atoms with Gasteiger partial charge in [0.2, 0.25) is 0 Å². The van der Waals surface area contributed by atoms with Gasteiger partial charge in [-0.05, 0) is 24.3 Å². The zero-order valence-electron chi connectivity index (χ0n) is 15.0. The Balaban J connectivity index is 1.53. The number of carbonyl (C=O) groups is 2. The van der Waals surface area contributed by atoms with Gasteiger partial charge in [-0.3, -0.25) is 9.59 Å². The fourth-order valence-electron chi connectivity index (χ4n) is 2.96. The Morgan fingerprint density at radius 1 is 1.07 bits per heavy atom. The SMILES string of the molecule is O=C(NC[C@]1(O)CO[C@H](CNC(=O)c2ccccc2Cl)[C@H]1O)c1ccccc1. The summed E-state index contributed by atoms with van der Waals surface area (Å²) < 4.78 is 5.44. The first-order valence-electron chi connectivity index (χ1n) is 8.79. The minimum absolute atomic E-state index is 0.0137. The zero-order chi connectivity index (χ0) is 20.1. The number of rotatable bonds is 6. The van der Waals surface area contributed by atoms with E-state index >= 15 is 0 Å². The molecule has 1 fully saturated rings. The summed E-state index contributed by atoms with van der Waals surface area (Å²) in [7, 11) is 0. The van der Waals surface area contributed by atoms with Crippen LogP contribution >= 0.6 is 11.6 Å². The smallest absolute Gasteiger partial charge is 0.252 e. The summed E-state index contributed by atoms with van der Waals surface area (Å²) >= 11 is 5.99. The molecule has 3 rings (SSSR count). The number of aliphatic hydroxyl groups is 2. The lowest BCUT2D eigenvalue weighted by molar-refractivity contribution is -0.0464. The van der Waals surface area contributed by atoms with E-state index in [1.54, 1.807) is 54.6 Å². The van der Waals surface area contributed by atoms with Crippen LogP contribution in [0.2, 0.25) is 5.02 Å². The summed E-state index contributed by atoms with van der Waals surface area (Å²) in [5, 5.41) is 26.6. The standard InChI is InChI=1S/C20H21ClN2O5/c21-15-9-5-4-8-14(15)19(26)22-10-16-17(24)20(27,12-28-16)11-23-18(25)13-6-2-1-3-7-13/h1-9,16-17,24,27H,10-12H2,(H,22,26)(H,23,25)/t16-,17-,20+/m1/s1. The molecule has 0 radical (unpaired) electrons. The summed E-state index contributed by atoms with van der Waals surface area (Å²) in [5.41, 5.74) is -0.894. The van der Waals surface area contributed by atoms with E-state index < -0.39 is 23.7 Å². The Kier molecular flexibility index (Phi) is 6.31. The molecule has 7 nitrogen and oxygen atoms in total. The van der Waals surface area contributed by atoms with Crippen LogP contribution in [0.3, 0.4) is 0 Å². The molecular formula is C20H21ClN2O5. The summed E-state index contributed by atoms with van der Waals surface area (Å²) in [4.78, 5) is 24.3. The second-order valence-corrected chi connectivity index (χ2v) is 7.04. The minimum Gasteiger partial charge on any atom is -0.387 e. The second kappa shape index (κ2) is 8.70. The maximum Gasteiger partial charge on any atom is 0.252 e. The molecule has 148 valence electrons. The van der Waals surface area contributed by atoms with Crippen LogP contribution in [0.1, 0.15) is 20.7 Å². The molecule has 1 saturated heterocycles. The number of hydrogen-bond donors (Lipinski definition) is 4. The van der Waals surface area contributed by atoms with Crippen molar-refractivity contribution < 1.29 is 24.5 Å². The average Bonchev–Trinajstić information content (AvgIpc) is 3.00. The third kappa shape index (κ3) is 4.51. The Hall–Kier alpha value is -2.45. The van der Waals surface area contributed by atoms with Gasteiger partial charge in [0, 0.05) is 12.1 Å². The number of aliphatic hydroxyl groups excluding tert-OH is 1. The molecule has 2 amide bonds. The fraction of sp³-hybridized carbons (Fsp3) is 0.300. The molecule has 0 aromatic heterocycles. The molecule has 1 aliphatic heterocycles. The molecule has 3 atom stereocenters. The van der Waals surface area contributed by atoms with Crippen molar-refractivity contribution in [2.75, 3.05) is 19.7 Å². The lowest BCUT2D eigenvalue weighted by Gasteiger charge is -2.26. The van der Waals surface area contributed by atoms with Crippen LogP contribution in [0.5, 0.6) is 0 Å². The number of halogens is 1. The minimum atomic E-state index is -1.65. The van der Waals surface area contributed by atoms with Crippen LogP contribution in [0.25, 0.3) is 0 Å². The molecule has 0 saturated carbocycles. The number of benzene rings is 2. The zero-order valence-corrected chi connectivity index (χ0v) is 15.7. The van der Waals surface area contributed by atoms with Gasteiger partial charge in [0.05, 0.1) is 23.7 Å². The summed E-state index contributed by atoms with van der Waals surface area (Å²) in [5.74, 6) is -0.772. The van der Waals surface area contributed by atoms with Crippen molar-refractivity contribution in [1.29, 1.82) is 0 Å². The predicted molar refractivity (Wildman–Crippen MR) is 103 cm³/mol. The van der Waals surface area contributed by atoms with E-state index in [2.05, 4.69) is 10.6 Å². The molecule has 8 heteroatoms. The number of ether oxygens (including phenoxy) is 1. The Morgan fingerprint density at radius 3 is 2.46 bits per heavy atom. The van der Waals surface area contributed by atoms with E-state index in [9.17, 15) is 19.8 Å². The third-order valence-electron chi connectivity index (χ3n) is 4.62. The molecule has 2 aromatic carbocycles.